The lowest BCUT2D eigenvalue weighted by Gasteiger charge is -2.12. The van der Waals surface area contributed by atoms with E-state index < -0.39 is 18.7 Å². The summed E-state index contributed by atoms with van der Waals surface area (Å²) in [6, 6.07) is 6.77. The fraction of sp³-hybridized carbons (Fsp3) is 0.400. The van der Waals surface area contributed by atoms with Gasteiger partial charge in [0.2, 0.25) is 0 Å². The van der Waals surface area contributed by atoms with Gasteiger partial charge in [-0.1, -0.05) is 17.7 Å². The van der Waals surface area contributed by atoms with Crippen molar-refractivity contribution in [2.45, 2.75) is 23.6 Å². The Bertz CT molecular complexity index is 343. The maximum atomic E-state index is 11.9. The molecule has 0 aliphatic heterocycles. The zero-order chi connectivity index (χ0) is 12.2. The van der Waals surface area contributed by atoms with Gasteiger partial charge < -0.3 is 5.11 Å². The average molecular weight is 271 g/mol. The molecule has 1 rings (SSSR count). The van der Waals surface area contributed by atoms with Crippen molar-refractivity contribution in [1.29, 1.82) is 0 Å². The van der Waals surface area contributed by atoms with E-state index in [1.807, 2.05) is 0 Å². The lowest BCUT2D eigenvalue weighted by Crippen LogP contribution is -2.21. The van der Waals surface area contributed by atoms with Gasteiger partial charge in [-0.3, -0.25) is 0 Å². The van der Waals surface area contributed by atoms with E-state index in [2.05, 4.69) is 0 Å². The van der Waals surface area contributed by atoms with Gasteiger partial charge >= 0.3 is 6.18 Å². The van der Waals surface area contributed by atoms with Gasteiger partial charge in [-0.05, 0) is 18.2 Å². The van der Waals surface area contributed by atoms with E-state index in [9.17, 15) is 13.2 Å². The molecule has 1 unspecified atom stereocenters. The SMILES string of the molecule is OC(CSc1cccc(Cl)c1)CC(F)(F)F. The molecule has 0 aliphatic rings. The predicted molar refractivity (Wildman–Crippen MR) is 58.9 cm³/mol. The van der Waals surface area contributed by atoms with E-state index in [1.165, 1.54) is 0 Å². The highest BCUT2D eigenvalue weighted by atomic mass is 35.5. The first-order valence-electron chi connectivity index (χ1n) is 4.50. The largest absolute Gasteiger partial charge is 0.392 e. The Morgan fingerprint density at radius 3 is 2.62 bits per heavy atom. The van der Waals surface area contributed by atoms with Crippen LogP contribution in [0, 0.1) is 0 Å². The molecule has 0 heterocycles. The number of thioether (sulfide) groups is 1. The van der Waals surface area contributed by atoms with E-state index in [0.29, 0.717) is 5.02 Å². The first-order valence-corrected chi connectivity index (χ1v) is 5.86. The van der Waals surface area contributed by atoms with Crippen LogP contribution >= 0.6 is 23.4 Å². The molecule has 1 aromatic rings. The topological polar surface area (TPSA) is 20.2 Å². The van der Waals surface area contributed by atoms with Crippen molar-refractivity contribution in [2.24, 2.45) is 0 Å². The van der Waals surface area contributed by atoms with Crippen LogP contribution in [0.15, 0.2) is 29.2 Å². The summed E-state index contributed by atoms with van der Waals surface area (Å²) in [5, 5.41) is 9.67. The van der Waals surface area contributed by atoms with Crippen molar-refractivity contribution in [3.63, 3.8) is 0 Å². The van der Waals surface area contributed by atoms with Crippen LogP contribution in [-0.4, -0.2) is 23.1 Å². The lowest BCUT2D eigenvalue weighted by atomic mass is 10.3. The first kappa shape index (κ1) is 13.7. The van der Waals surface area contributed by atoms with Crippen LogP contribution in [0.4, 0.5) is 13.2 Å². The van der Waals surface area contributed by atoms with Gasteiger partial charge in [0.1, 0.15) is 0 Å². The number of aliphatic hydroxyl groups is 1. The molecule has 0 fully saturated rings. The summed E-state index contributed by atoms with van der Waals surface area (Å²) in [5.74, 6) is -0.000147. The molecule has 90 valence electrons. The third kappa shape index (κ3) is 5.63. The van der Waals surface area contributed by atoms with Gasteiger partial charge in [-0.25, -0.2) is 0 Å². The highest BCUT2D eigenvalue weighted by Crippen LogP contribution is 2.26. The molecule has 1 aromatic carbocycles. The molecule has 1 atom stereocenters. The standard InChI is InChI=1S/C10H10ClF3OS/c11-7-2-1-3-9(4-7)16-6-8(15)5-10(12,13)14/h1-4,8,15H,5-6H2. The molecular weight excluding hydrogens is 261 g/mol. The van der Waals surface area contributed by atoms with Crippen molar-refractivity contribution in [2.75, 3.05) is 5.75 Å². The number of benzene rings is 1. The number of halogens is 4. The van der Waals surface area contributed by atoms with Crippen molar-refractivity contribution in [3.8, 4) is 0 Å². The molecule has 1 nitrogen and oxygen atoms in total. The zero-order valence-electron chi connectivity index (χ0n) is 8.17. The second kappa shape index (κ2) is 5.80. The maximum absolute atomic E-state index is 11.9. The summed E-state index contributed by atoms with van der Waals surface area (Å²) in [7, 11) is 0. The van der Waals surface area contributed by atoms with Gasteiger partial charge in [0.15, 0.2) is 0 Å². The van der Waals surface area contributed by atoms with E-state index in [4.69, 9.17) is 16.7 Å². The van der Waals surface area contributed by atoms with Gasteiger partial charge in [-0.2, -0.15) is 13.2 Å². The van der Waals surface area contributed by atoms with E-state index >= 15 is 0 Å². The summed E-state index contributed by atoms with van der Waals surface area (Å²) in [4.78, 5) is 0.744. The van der Waals surface area contributed by atoms with E-state index in [0.717, 1.165) is 16.7 Å². The van der Waals surface area contributed by atoms with Crippen LogP contribution in [0.1, 0.15) is 6.42 Å². The van der Waals surface area contributed by atoms with E-state index in [-0.39, 0.29) is 5.75 Å². The van der Waals surface area contributed by atoms with Gasteiger partial charge in [-0.15, -0.1) is 11.8 Å². The van der Waals surface area contributed by atoms with Gasteiger partial charge in [0, 0.05) is 15.7 Å². The maximum Gasteiger partial charge on any atom is 0.391 e. The molecule has 0 saturated heterocycles. The fourth-order valence-electron chi connectivity index (χ4n) is 1.08. The summed E-state index contributed by atoms with van der Waals surface area (Å²) in [6.45, 7) is 0. The minimum Gasteiger partial charge on any atom is -0.392 e. The molecule has 0 radical (unpaired) electrons. The lowest BCUT2D eigenvalue weighted by molar-refractivity contribution is -0.150. The third-order valence-electron chi connectivity index (χ3n) is 1.71. The Kier molecular flexibility index (Phi) is 4.95. The number of alkyl halides is 3. The first-order chi connectivity index (χ1) is 7.37. The number of aliphatic hydroxyl groups excluding tert-OH is 1. The minimum absolute atomic E-state index is 0.000147. The smallest absolute Gasteiger partial charge is 0.391 e. The van der Waals surface area contributed by atoms with Crippen LogP contribution in [0.2, 0.25) is 5.02 Å². The second-order valence-corrected chi connectivity index (χ2v) is 4.77. The monoisotopic (exact) mass is 270 g/mol. The molecule has 0 spiro atoms. The molecule has 6 heteroatoms. The third-order valence-corrected chi connectivity index (χ3v) is 3.08. The molecule has 0 saturated carbocycles. The predicted octanol–water partition coefficient (Wildman–Crippen LogP) is 3.75. The summed E-state index contributed by atoms with van der Waals surface area (Å²) >= 11 is 6.86. The molecule has 1 N–H and O–H groups in total. The Labute approximate surface area is 101 Å². The van der Waals surface area contributed by atoms with Crippen LogP contribution in [-0.2, 0) is 0 Å². The highest BCUT2D eigenvalue weighted by molar-refractivity contribution is 7.99. The molecule has 0 aliphatic carbocycles. The van der Waals surface area contributed by atoms with Gasteiger partial charge in [0.25, 0.3) is 0 Å². The van der Waals surface area contributed by atoms with Crippen molar-refractivity contribution >= 4 is 23.4 Å². The van der Waals surface area contributed by atoms with Crippen molar-refractivity contribution in [3.05, 3.63) is 29.3 Å². The number of hydrogen-bond donors (Lipinski definition) is 1. The summed E-state index contributed by atoms with van der Waals surface area (Å²) < 4.78 is 35.7. The van der Waals surface area contributed by atoms with Crippen LogP contribution < -0.4 is 0 Å². The molecule has 16 heavy (non-hydrogen) atoms. The average Bonchev–Trinajstić information content (AvgIpc) is 2.12. The Morgan fingerprint density at radius 1 is 1.38 bits per heavy atom. The van der Waals surface area contributed by atoms with Crippen LogP contribution in [0.5, 0.6) is 0 Å². The highest BCUT2D eigenvalue weighted by Gasteiger charge is 2.30. The Balaban J connectivity index is 2.40. The minimum atomic E-state index is -4.33. The summed E-state index contributed by atoms with van der Waals surface area (Å²) in [5.41, 5.74) is 0. The molecule has 0 aromatic heterocycles. The Morgan fingerprint density at radius 2 is 2.06 bits per heavy atom. The fourth-order valence-corrected chi connectivity index (χ4v) is 2.22. The normalized spacial score (nSPS) is 13.8. The van der Waals surface area contributed by atoms with Crippen molar-refractivity contribution < 1.29 is 18.3 Å². The number of hydrogen-bond acceptors (Lipinski definition) is 2. The second-order valence-electron chi connectivity index (χ2n) is 3.24. The molecular formula is C10H10ClF3OS. The Hall–Kier alpha value is -0.390. The van der Waals surface area contributed by atoms with E-state index in [1.54, 1.807) is 24.3 Å². The van der Waals surface area contributed by atoms with Crippen LogP contribution in [0.25, 0.3) is 0 Å². The van der Waals surface area contributed by atoms with Crippen LogP contribution in [0.3, 0.4) is 0 Å². The summed E-state index contributed by atoms with van der Waals surface area (Å²) in [6.07, 6.45) is -6.89. The quantitative estimate of drug-likeness (QED) is 0.841. The van der Waals surface area contributed by atoms with Gasteiger partial charge in [0.05, 0.1) is 12.5 Å². The van der Waals surface area contributed by atoms with Crippen molar-refractivity contribution in [1.82, 2.24) is 0 Å². The molecule has 0 amide bonds. The number of rotatable bonds is 4. The zero-order valence-corrected chi connectivity index (χ0v) is 9.74. The molecule has 0 bridgehead atoms.